The summed E-state index contributed by atoms with van der Waals surface area (Å²) in [6, 6.07) is 4.95. The Hall–Kier alpha value is -2.12. The molecule has 3 rings (SSSR count). The first-order chi connectivity index (χ1) is 11.2. The van der Waals surface area contributed by atoms with Crippen LogP contribution in [0, 0.1) is 5.92 Å². The largest absolute Gasteiger partial charge is 0.496 e. The Bertz CT molecular complexity index is 677. The topological polar surface area (TPSA) is 89.1 Å². The number of halogens is 1. The number of nitrogens with one attached hydrogen (secondary N) is 2. The molecule has 23 heavy (non-hydrogen) atoms. The molecule has 1 aromatic carbocycles. The SMILES string of the molecule is COc1ccc(Cl)cc1C(=O)NC[C@@H]1CCO[C@@H]1c1ncn[nH]1. The molecule has 0 aliphatic carbocycles. The van der Waals surface area contributed by atoms with E-state index in [1.54, 1.807) is 18.2 Å². The van der Waals surface area contributed by atoms with Crippen molar-refractivity contribution in [3.05, 3.63) is 40.9 Å². The van der Waals surface area contributed by atoms with E-state index in [1.807, 2.05) is 0 Å². The Kier molecular flexibility index (Phi) is 4.78. The van der Waals surface area contributed by atoms with Gasteiger partial charge in [-0.2, -0.15) is 5.10 Å². The highest BCUT2D eigenvalue weighted by molar-refractivity contribution is 6.31. The minimum atomic E-state index is -0.229. The summed E-state index contributed by atoms with van der Waals surface area (Å²) in [4.78, 5) is 16.5. The summed E-state index contributed by atoms with van der Waals surface area (Å²) in [5, 5.41) is 10.1. The Morgan fingerprint density at radius 1 is 1.57 bits per heavy atom. The second-order valence-electron chi connectivity index (χ2n) is 5.27. The molecule has 2 aromatic rings. The Balaban J connectivity index is 1.66. The van der Waals surface area contributed by atoms with Gasteiger partial charge >= 0.3 is 0 Å². The number of hydrogen-bond donors (Lipinski definition) is 2. The van der Waals surface area contributed by atoms with Crippen molar-refractivity contribution in [2.24, 2.45) is 5.92 Å². The molecule has 0 radical (unpaired) electrons. The Morgan fingerprint density at radius 3 is 3.17 bits per heavy atom. The molecule has 0 unspecified atom stereocenters. The van der Waals surface area contributed by atoms with Crippen LogP contribution in [-0.2, 0) is 4.74 Å². The van der Waals surface area contributed by atoms with Gasteiger partial charge in [0.05, 0.1) is 12.7 Å². The van der Waals surface area contributed by atoms with E-state index in [-0.39, 0.29) is 17.9 Å². The van der Waals surface area contributed by atoms with Gasteiger partial charge in [0.15, 0.2) is 5.82 Å². The van der Waals surface area contributed by atoms with Gasteiger partial charge in [-0.3, -0.25) is 9.89 Å². The van der Waals surface area contributed by atoms with E-state index in [0.29, 0.717) is 35.3 Å². The van der Waals surface area contributed by atoms with Gasteiger partial charge in [-0.25, -0.2) is 4.98 Å². The molecule has 1 aromatic heterocycles. The van der Waals surface area contributed by atoms with E-state index in [2.05, 4.69) is 20.5 Å². The minimum absolute atomic E-state index is 0.136. The molecule has 1 saturated heterocycles. The van der Waals surface area contributed by atoms with Crippen molar-refractivity contribution >= 4 is 17.5 Å². The van der Waals surface area contributed by atoms with Crippen molar-refractivity contribution in [1.29, 1.82) is 0 Å². The normalized spacial score (nSPS) is 20.4. The molecule has 1 aliphatic heterocycles. The smallest absolute Gasteiger partial charge is 0.255 e. The lowest BCUT2D eigenvalue weighted by Crippen LogP contribution is -2.31. The maximum atomic E-state index is 12.4. The van der Waals surface area contributed by atoms with Crippen molar-refractivity contribution in [2.75, 3.05) is 20.3 Å². The molecule has 2 heterocycles. The highest BCUT2D eigenvalue weighted by atomic mass is 35.5. The summed E-state index contributed by atoms with van der Waals surface area (Å²) in [7, 11) is 1.52. The van der Waals surface area contributed by atoms with Gasteiger partial charge in [-0.15, -0.1) is 0 Å². The summed E-state index contributed by atoms with van der Waals surface area (Å²) in [5.41, 5.74) is 0.412. The highest BCUT2D eigenvalue weighted by Crippen LogP contribution is 2.32. The highest BCUT2D eigenvalue weighted by Gasteiger charge is 2.32. The number of nitrogens with zero attached hydrogens (tertiary/aromatic N) is 2. The fourth-order valence-electron chi connectivity index (χ4n) is 2.67. The van der Waals surface area contributed by atoms with E-state index >= 15 is 0 Å². The zero-order valence-corrected chi connectivity index (χ0v) is 13.3. The molecular weight excluding hydrogens is 320 g/mol. The number of H-pyrrole nitrogens is 1. The first-order valence-electron chi connectivity index (χ1n) is 7.27. The molecule has 0 saturated carbocycles. The third kappa shape index (κ3) is 3.46. The average molecular weight is 337 g/mol. The lowest BCUT2D eigenvalue weighted by Gasteiger charge is -2.17. The van der Waals surface area contributed by atoms with Gasteiger partial charge in [0.2, 0.25) is 0 Å². The zero-order valence-electron chi connectivity index (χ0n) is 12.6. The van der Waals surface area contributed by atoms with Gasteiger partial charge in [-0.1, -0.05) is 11.6 Å². The van der Waals surface area contributed by atoms with Crippen LogP contribution in [0.4, 0.5) is 0 Å². The number of carbonyl (C=O) groups is 1. The zero-order chi connectivity index (χ0) is 16.2. The molecule has 122 valence electrons. The molecule has 1 amide bonds. The van der Waals surface area contributed by atoms with Crippen LogP contribution in [0.2, 0.25) is 5.02 Å². The van der Waals surface area contributed by atoms with E-state index < -0.39 is 0 Å². The number of carbonyl (C=O) groups excluding carboxylic acids is 1. The third-order valence-corrected chi connectivity index (χ3v) is 4.08. The van der Waals surface area contributed by atoms with Crippen LogP contribution in [-0.4, -0.2) is 41.3 Å². The number of methoxy groups -OCH3 is 1. The van der Waals surface area contributed by atoms with Crippen LogP contribution in [0.15, 0.2) is 24.5 Å². The monoisotopic (exact) mass is 336 g/mol. The standard InChI is InChI=1S/C15H17ClN4O3/c1-22-12-3-2-10(16)6-11(12)15(21)17-7-9-4-5-23-13(9)14-18-8-19-20-14/h2-3,6,8-9,13H,4-5,7H2,1H3,(H,17,21)(H,18,19,20)/t9-,13-/m0/s1. The quantitative estimate of drug-likeness (QED) is 0.871. The molecular formula is C15H17ClN4O3. The van der Waals surface area contributed by atoms with Crippen LogP contribution in [0.5, 0.6) is 5.75 Å². The van der Waals surface area contributed by atoms with Crippen molar-refractivity contribution < 1.29 is 14.3 Å². The fourth-order valence-corrected chi connectivity index (χ4v) is 2.85. The molecule has 7 nitrogen and oxygen atoms in total. The van der Waals surface area contributed by atoms with Crippen molar-refractivity contribution in [3.63, 3.8) is 0 Å². The number of ether oxygens (including phenoxy) is 2. The summed E-state index contributed by atoms with van der Waals surface area (Å²) in [6.45, 7) is 1.10. The van der Waals surface area contributed by atoms with Crippen LogP contribution in [0.1, 0.15) is 28.7 Å². The maximum absolute atomic E-state index is 12.4. The van der Waals surface area contributed by atoms with Crippen molar-refractivity contribution in [1.82, 2.24) is 20.5 Å². The number of aromatic nitrogens is 3. The van der Waals surface area contributed by atoms with Crippen LogP contribution >= 0.6 is 11.6 Å². The number of hydrogen-bond acceptors (Lipinski definition) is 5. The fraction of sp³-hybridized carbons (Fsp3) is 0.400. The summed E-state index contributed by atoms with van der Waals surface area (Å²) >= 11 is 5.96. The lowest BCUT2D eigenvalue weighted by atomic mass is 10.0. The van der Waals surface area contributed by atoms with Gasteiger partial charge in [0.1, 0.15) is 18.2 Å². The van der Waals surface area contributed by atoms with E-state index in [0.717, 1.165) is 6.42 Å². The predicted molar refractivity (Wildman–Crippen MR) is 83.5 cm³/mol. The van der Waals surface area contributed by atoms with Crippen LogP contribution < -0.4 is 10.1 Å². The number of rotatable bonds is 5. The van der Waals surface area contributed by atoms with Gasteiger partial charge in [0, 0.05) is 24.1 Å². The van der Waals surface area contributed by atoms with Crippen LogP contribution in [0.25, 0.3) is 0 Å². The maximum Gasteiger partial charge on any atom is 0.255 e. The van der Waals surface area contributed by atoms with Gasteiger partial charge in [-0.05, 0) is 24.6 Å². The summed E-state index contributed by atoms with van der Waals surface area (Å²) < 4.78 is 10.9. The van der Waals surface area contributed by atoms with Crippen LogP contribution in [0.3, 0.4) is 0 Å². The third-order valence-electron chi connectivity index (χ3n) is 3.85. The summed E-state index contributed by atoms with van der Waals surface area (Å²) in [5.74, 6) is 1.08. The second kappa shape index (κ2) is 6.97. The van der Waals surface area contributed by atoms with Crippen molar-refractivity contribution in [3.8, 4) is 5.75 Å². The first kappa shape index (κ1) is 15.8. The van der Waals surface area contributed by atoms with Gasteiger partial charge < -0.3 is 14.8 Å². The lowest BCUT2D eigenvalue weighted by molar-refractivity contribution is 0.0798. The molecule has 2 N–H and O–H groups in total. The minimum Gasteiger partial charge on any atom is -0.496 e. The number of aromatic amines is 1. The summed E-state index contributed by atoms with van der Waals surface area (Å²) in [6.07, 6.45) is 2.11. The first-order valence-corrected chi connectivity index (χ1v) is 7.65. The Labute approximate surface area is 138 Å². The Morgan fingerprint density at radius 2 is 2.43 bits per heavy atom. The molecule has 1 aliphatic rings. The molecule has 0 spiro atoms. The number of amides is 1. The van der Waals surface area contributed by atoms with E-state index in [4.69, 9.17) is 21.1 Å². The molecule has 8 heteroatoms. The van der Waals surface area contributed by atoms with Crippen molar-refractivity contribution in [2.45, 2.75) is 12.5 Å². The van der Waals surface area contributed by atoms with Gasteiger partial charge in [0.25, 0.3) is 5.91 Å². The van der Waals surface area contributed by atoms with E-state index in [9.17, 15) is 4.79 Å². The second-order valence-corrected chi connectivity index (χ2v) is 5.70. The molecule has 0 bridgehead atoms. The number of benzene rings is 1. The molecule has 2 atom stereocenters. The molecule has 1 fully saturated rings. The average Bonchev–Trinajstić information content (AvgIpc) is 3.23. The predicted octanol–water partition coefficient (Wildman–Crippen LogP) is 1.97. The van der Waals surface area contributed by atoms with E-state index in [1.165, 1.54) is 13.4 Å².